The van der Waals surface area contributed by atoms with Gasteiger partial charge in [0, 0.05) is 24.8 Å². The van der Waals surface area contributed by atoms with E-state index in [1.165, 1.54) is 0 Å². The molecule has 1 aromatic rings. The van der Waals surface area contributed by atoms with Crippen LogP contribution in [0.25, 0.3) is 0 Å². The molecule has 1 aliphatic rings. The number of nitriles is 1. The molecular weight excluding hydrogens is 412 g/mol. The van der Waals surface area contributed by atoms with E-state index in [4.69, 9.17) is 16.9 Å². The summed E-state index contributed by atoms with van der Waals surface area (Å²) >= 11 is 6.18. The Balaban J connectivity index is 1.99. The van der Waals surface area contributed by atoms with Crippen molar-refractivity contribution < 1.29 is 13.2 Å². The van der Waals surface area contributed by atoms with E-state index in [1.54, 1.807) is 37.2 Å². The van der Waals surface area contributed by atoms with Crippen LogP contribution in [0.4, 0.5) is 5.69 Å². The van der Waals surface area contributed by atoms with Crippen LogP contribution in [0.2, 0.25) is 5.02 Å². The van der Waals surface area contributed by atoms with E-state index in [-0.39, 0.29) is 17.7 Å². The average Bonchev–Trinajstić information content (AvgIpc) is 2.65. The Hall–Kier alpha value is -1.66. The summed E-state index contributed by atoms with van der Waals surface area (Å²) in [5, 5.41) is 15.6. The molecule has 0 saturated carbocycles. The smallest absolute Gasteiger partial charge is 0.244 e. The lowest BCUT2D eigenvalue weighted by atomic mass is 9.98. The van der Waals surface area contributed by atoms with Crippen molar-refractivity contribution in [2.75, 3.05) is 24.2 Å². The number of hydrogen-bond donors (Lipinski definition) is 2. The second kappa shape index (κ2) is 9.43. The molecule has 0 radical (unpaired) electrons. The van der Waals surface area contributed by atoms with Gasteiger partial charge < -0.3 is 10.6 Å². The van der Waals surface area contributed by atoms with Crippen molar-refractivity contribution in [1.29, 1.82) is 5.26 Å². The zero-order valence-corrected chi connectivity index (χ0v) is 19.0. The summed E-state index contributed by atoms with van der Waals surface area (Å²) in [5.41, 5.74) is 0.713. The predicted molar refractivity (Wildman–Crippen MR) is 115 cm³/mol. The van der Waals surface area contributed by atoms with Gasteiger partial charge in [0.2, 0.25) is 15.9 Å². The molecule has 1 aromatic carbocycles. The maximum Gasteiger partial charge on any atom is 0.244 e. The summed E-state index contributed by atoms with van der Waals surface area (Å²) in [5.74, 6) is -0.0479. The summed E-state index contributed by atoms with van der Waals surface area (Å²) in [7, 11) is -3.18. The summed E-state index contributed by atoms with van der Waals surface area (Å²) in [6, 6.07) is 5.32. The number of nitrogens with zero attached hydrogens (tertiary/aromatic N) is 2. The van der Waals surface area contributed by atoms with Crippen molar-refractivity contribution in [2.45, 2.75) is 58.5 Å². The third-order valence-electron chi connectivity index (χ3n) is 5.20. The Bertz CT molecular complexity index is 901. The van der Waals surface area contributed by atoms with Crippen molar-refractivity contribution >= 4 is 33.2 Å². The lowest BCUT2D eigenvalue weighted by Gasteiger charge is -2.36. The van der Waals surface area contributed by atoms with Crippen LogP contribution in [0.1, 0.15) is 51.2 Å². The number of halogens is 1. The second-order valence-corrected chi connectivity index (χ2v) is 10.4. The molecule has 160 valence electrons. The number of benzene rings is 1. The van der Waals surface area contributed by atoms with Crippen molar-refractivity contribution in [3.05, 3.63) is 28.3 Å². The fraction of sp³-hybridized carbons (Fsp3) is 0.600. The number of amides is 1. The topological polar surface area (TPSA) is 102 Å². The van der Waals surface area contributed by atoms with Crippen molar-refractivity contribution in [1.82, 2.24) is 9.62 Å². The zero-order valence-electron chi connectivity index (χ0n) is 17.4. The minimum atomic E-state index is -3.18. The van der Waals surface area contributed by atoms with Crippen molar-refractivity contribution in [3.63, 3.8) is 0 Å². The molecule has 0 unspecified atom stereocenters. The fourth-order valence-corrected chi connectivity index (χ4v) is 5.17. The molecular formula is C20H29ClN4O3S. The van der Waals surface area contributed by atoms with E-state index < -0.39 is 15.6 Å². The number of nitrogens with one attached hydrogen (secondary N) is 2. The number of carbonyl (C=O) groups excluding carboxylic acids is 1. The molecule has 1 fully saturated rings. The van der Waals surface area contributed by atoms with Gasteiger partial charge in [-0.2, -0.15) is 5.26 Å². The summed E-state index contributed by atoms with van der Waals surface area (Å²) in [4.78, 5) is 12.8. The average molecular weight is 441 g/mol. The van der Waals surface area contributed by atoms with Crippen LogP contribution in [0.3, 0.4) is 0 Å². The Morgan fingerprint density at radius 1 is 1.34 bits per heavy atom. The highest BCUT2D eigenvalue weighted by molar-refractivity contribution is 7.89. The molecule has 1 amide bonds. The number of rotatable bonds is 7. The van der Waals surface area contributed by atoms with Gasteiger partial charge >= 0.3 is 0 Å². The third kappa shape index (κ3) is 5.70. The molecule has 1 aliphatic heterocycles. The van der Waals surface area contributed by atoms with E-state index >= 15 is 0 Å². The second-order valence-electron chi connectivity index (χ2n) is 7.92. The number of piperidine rings is 1. The lowest BCUT2D eigenvalue weighted by Crippen LogP contribution is -2.56. The van der Waals surface area contributed by atoms with Crippen molar-refractivity contribution in [2.24, 2.45) is 0 Å². The van der Waals surface area contributed by atoms with Crippen LogP contribution in [0.5, 0.6) is 0 Å². The monoisotopic (exact) mass is 440 g/mol. The van der Waals surface area contributed by atoms with Gasteiger partial charge in [-0.1, -0.05) is 18.5 Å². The van der Waals surface area contributed by atoms with Gasteiger partial charge in [-0.05, 0) is 57.7 Å². The van der Waals surface area contributed by atoms with Crippen LogP contribution >= 0.6 is 11.6 Å². The Kier molecular flexibility index (Phi) is 7.68. The van der Waals surface area contributed by atoms with E-state index in [0.717, 1.165) is 0 Å². The third-order valence-corrected chi connectivity index (χ3v) is 7.76. The summed E-state index contributed by atoms with van der Waals surface area (Å²) in [6.07, 6.45) is 1.91. The quantitative estimate of drug-likeness (QED) is 0.678. The zero-order chi connectivity index (χ0) is 21.8. The Morgan fingerprint density at radius 3 is 2.52 bits per heavy atom. The molecule has 1 heterocycles. The number of hydrogen-bond acceptors (Lipinski definition) is 5. The number of carbonyl (C=O) groups is 1. The van der Waals surface area contributed by atoms with E-state index in [2.05, 4.69) is 10.6 Å². The Morgan fingerprint density at radius 2 is 1.97 bits per heavy atom. The van der Waals surface area contributed by atoms with Gasteiger partial charge in [0.05, 0.1) is 21.9 Å². The molecule has 7 nitrogen and oxygen atoms in total. The van der Waals surface area contributed by atoms with Crippen LogP contribution in [0, 0.1) is 18.3 Å². The molecule has 2 N–H and O–H groups in total. The van der Waals surface area contributed by atoms with Gasteiger partial charge in [-0.15, -0.1) is 0 Å². The summed E-state index contributed by atoms with van der Waals surface area (Å²) in [6.45, 7) is 8.12. The largest absolute Gasteiger partial charge is 0.324 e. The normalized spacial score (nSPS) is 16.4. The molecule has 0 bridgehead atoms. The van der Waals surface area contributed by atoms with Crippen LogP contribution < -0.4 is 10.6 Å². The molecule has 9 heteroatoms. The van der Waals surface area contributed by atoms with Gasteiger partial charge in [0.25, 0.3) is 0 Å². The van der Waals surface area contributed by atoms with Gasteiger partial charge in [-0.3, -0.25) is 4.79 Å². The first-order valence-electron chi connectivity index (χ1n) is 9.78. The predicted octanol–water partition coefficient (Wildman–Crippen LogP) is 3.03. The minimum Gasteiger partial charge on any atom is -0.324 e. The first-order chi connectivity index (χ1) is 13.5. The maximum atomic E-state index is 12.8. The minimum absolute atomic E-state index is 0.0504. The molecule has 0 aromatic heterocycles. The number of sulfonamides is 1. The van der Waals surface area contributed by atoms with Crippen LogP contribution in [-0.4, -0.2) is 49.1 Å². The highest BCUT2D eigenvalue weighted by Crippen LogP contribution is 2.28. The highest BCUT2D eigenvalue weighted by atomic mass is 35.5. The maximum absolute atomic E-state index is 12.8. The fourth-order valence-electron chi connectivity index (χ4n) is 3.43. The van der Waals surface area contributed by atoms with E-state index in [1.807, 2.05) is 13.0 Å². The van der Waals surface area contributed by atoms with Crippen LogP contribution in [-0.2, 0) is 14.8 Å². The summed E-state index contributed by atoms with van der Waals surface area (Å²) < 4.78 is 26.0. The first kappa shape index (κ1) is 23.6. The first-order valence-corrected chi connectivity index (χ1v) is 11.8. The van der Waals surface area contributed by atoms with Gasteiger partial charge in [0.15, 0.2) is 0 Å². The molecule has 0 aliphatic carbocycles. The van der Waals surface area contributed by atoms with Gasteiger partial charge in [-0.25, -0.2) is 12.7 Å². The van der Waals surface area contributed by atoms with E-state index in [0.29, 0.717) is 54.2 Å². The van der Waals surface area contributed by atoms with E-state index in [9.17, 15) is 13.2 Å². The number of anilines is 1. The van der Waals surface area contributed by atoms with Gasteiger partial charge in [0.1, 0.15) is 6.07 Å². The molecule has 29 heavy (non-hydrogen) atoms. The standard InChI is InChI=1S/C20H29ClN4O3S/c1-5-12-29(27,28)25-10-8-16(9-11-25)24-20(3,4)19(26)23-17-7-6-15(13-22)18(21)14(17)2/h6-7,16,24H,5,8-12H2,1-4H3,(H,23,26). The lowest BCUT2D eigenvalue weighted by molar-refractivity contribution is -0.121. The molecule has 1 saturated heterocycles. The SMILES string of the molecule is CCCS(=O)(=O)N1CCC(NC(C)(C)C(=O)Nc2ccc(C#N)c(Cl)c2C)CC1. The Labute approximate surface area is 178 Å². The van der Waals surface area contributed by atoms with Crippen LogP contribution in [0.15, 0.2) is 12.1 Å². The van der Waals surface area contributed by atoms with Crippen molar-refractivity contribution in [3.8, 4) is 6.07 Å². The molecule has 0 atom stereocenters. The molecule has 2 rings (SSSR count). The highest BCUT2D eigenvalue weighted by Gasteiger charge is 2.34. The molecule has 0 spiro atoms.